The minimum Gasteiger partial charge on any atom is -0.490 e. The average molecular weight is 567 g/mol. The van der Waals surface area contributed by atoms with E-state index >= 15 is 0 Å². The number of nitrogens with zero attached hydrogens (tertiary/aromatic N) is 4. The van der Waals surface area contributed by atoms with Crippen LogP contribution in [-0.2, 0) is 10.3 Å². The number of aliphatic imine (C=N–C) groups is 1. The summed E-state index contributed by atoms with van der Waals surface area (Å²) in [6, 6.07) is 26.9. The molecule has 8 heteroatoms. The van der Waals surface area contributed by atoms with Gasteiger partial charge in [-0.15, -0.1) is 0 Å². The van der Waals surface area contributed by atoms with Gasteiger partial charge in [0.1, 0.15) is 29.2 Å². The molecule has 2 aliphatic heterocycles. The van der Waals surface area contributed by atoms with E-state index in [4.69, 9.17) is 9.73 Å². The number of carbonyl (C=O) groups excluding carboxylic acids is 1. The van der Waals surface area contributed by atoms with Crippen molar-refractivity contribution in [2.75, 3.05) is 26.2 Å². The highest BCUT2D eigenvalue weighted by Gasteiger charge is 2.51. The minimum absolute atomic E-state index is 0.193. The number of rotatable bonds is 9. The Bertz CT molecular complexity index is 1480. The fraction of sp³-hybridized carbons (Fsp3) is 0.265. The predicted octanol–water partition coefficient (Wildman–Crippen LogP) is 5.83. The molecule has 3 heterocycles. The topological polar surface area (TPSA) is 58.0 Å². The molecule has 0 spiro atoms. The molecular formula is C34H32F2N4O2. The van der Waals surface area contributed by atoms with Crippen LogP contribution in [0.4, 0.5) is 8.78 Å². The number of para-hydroxylation sites is 1. The Labute approximate surface area is 244 Å². The highest BCUT2D eigenvalue weighted by Crippen LogP contribution is 2.41. The summed E-state index contributed by atoms with van der Waals surface area (Å²) in [5.41, 5.74) is 0.103. The van der Waals surface area contributed by atoms with Gasteiger partial charge in [-0.2, -0.15) is 0 Å². The van der Waals surface area contributed by atoms with Crippen molar-refractivity contribution in [3.8, 4) is 5.75 Å². The van der Waals surface area contributed by atoms with Gasteiger partial charge in [-0.25, -0.2) is 13.8 Å². The number of pyridine rings is 1. The maximum absolute atomic E-state index is 14.4. The van der Waals surface area contributed by atoms with Gasteiger partial charge in [0, 0.05) is 25.8 Å². The number of piperidine rings is 1. The Morgan fingerprint density at radius 3 is 2.00 bits per heavy atom. The van der Waals surface area contributed by atoms with Crippen molar-refractivity contribution in [1.82, 2.24) is 14.8 Å². The molecule has 1 amide bonds. The highest BCUT2D eigenvalue weighted by atomic mass is 19.1. The molecule has 0 aliphatic carbocycles. The summed E-state index contributed by atoms with van der Waals surface area (Å²) in [6.07, 6.45) is 4.47. The summed E-state index contributed by atoms with van der Waals surface area (Å²) in [5, 5.41) is 0. The second-order valence-corrected chi connectivity index (χ2v) is 10.7. The van der Waals surface area contributed by atoms with Crippen LogP contribution < -0.4 is 4.74 Å². The second-order valence-electron chi connectivity index (χ2n) is 10.7. The molecule has 214 valence electrons. The lowest BCUT2D eigenvalue weighted by molar-refractivity contribution is -0.130. The van der Waals surface area contributed by atoms with Crippen molar-refractivity contribution in [2.45, 2.75) is 30.9 Å². The van der Waals surface area contributed by atoms with Crippen LogP contribution in [-0.4, -0.2) is 58.8 Å². The van der Waals surface area contributed by atoms with Crippen molar-refractivity contribution in [3.63, 3.8) is 0 Å². The van der Waals surface area contributed by atoms with E-state index in [1.54, 1.807) is 35.4 Å². The van der Waals surface area contributed by atoms with E-state index in [1.807, 2.05) is 48.5 Å². The average Bonchev–Trinajstić information content (AvgIpc) is 3.32. The first-order valence-corrected chi connectivity index (χ1v) is 14.3. The van der Waals surface area contributed by atoms with Crippen molar-refractivity contribution in [2.24, 2.45) is 4.99 Å². The molecule has 0 bridgehead atoms. The van der Waals surface area contributed by atoms with E-state index in [2.05, 4.69) is 9.88 Å². The molecule has 0 radical (unpaired) electrons. The normalized spacial score (nSPS) is 17.3. The zero-order valence-corrected chi connectivity index (χ0v) is 23.2. The second kappa shape index (κ2) is 12.2. The molecule has 4 aromatic rings. The SMILES string of the molecule is O=C1N(CCCN2CCC(Oc3ccccc3)CC2)C(c2ccccn2)=NC1(c1ccc(F)cc1)c1ccc(F)cc1. The molecule has 3 aromatic carbocycles. The summed E-state index contributed by atoms with van der Waals surface area (Å²) < 4.78 is 34.0. The number of carbonyl (C=O) groups is 1. The molecule has 1 saturated heterocycles. The number of amidine groups is 1. The van der Waals surface area contributed by atoms with Gasteiger partial charge in [-0.1, -0.05) is 48.5 Å². The molecule has 1 fully saturated rings. The van der Waals surface area contributed by atoms with Crippen LogP contribution in [0.15, 0.2) is 108 Å². The van der Waals surface area contributed by atoms with Crippen LogP contribution in [0.25, 0.3) is 0 Å². The molecule has 6 rings (SSSR count). The Hall–Kier alpha value is -4.43. The molecule has 0 N–H and O–H groups in total. The smallest absolute Gasteiger partial charge is 0.265 e. The van der Waals surface area contributed by atoms with E-state index < -0.39 is 17.2 Å². The van der Waals surface area contributed by atoms with E-state index in [-0.39, 0.29) is 12.0 Å². The number of benzene rings is 3. The molecule has 42 heavy (non-hydrogen) atoms. The maximum atomic E-state index is 14.4. The Kier molecular flexibility index (Phi) is 8.06. The predicted molar refractivity (Wildman–Crippen MR) is 157 cm³/mol. The number of halogens is 2. The van der Waals surface area contributed by atoms with E-state index in [0.29, 0.717) is 29.2 Å². The number of hydrogen-bond acceptors (Lipinski definition) is 5. The van der Waals surface area contributed by atoms with Crippen LogP contribution in [0.5, 0.6) is 5.75 Å². The lowest BCUT2D eigenvalue weighted by Crippen LogP contribution is -2.44. The van der Waals surface area contributed by atoms with Crippen molar-refractivity contribution in [3.05, 3.63) is 132 Å². The summed E-state index contributed by atoms with van der Waals surface area (Å²) in [6.45, 7) is 3.08. The Balaban J connectivity index is 1.22. The first kappa shape index (κ1) is 27.7. The van der Waals surface area contributed by atoms with Crippen LogP contribution in [0.1, 0.15) is 36.1 Å². The van der Waals surface area contributed by atoms with Gasteiger partial charge < -0.3 is 9.64 Å². The standard InChI is InChI=1S/C34H32F2N4O2/c35-27-14-10-25(11-15-27)34(26-12-16-28(36)17-13-26)33(41)40(32(38-34)31-9-4-5-20-37-31)22-6-21-39-23-18-30(19-24-39)42-29-7-2-1-3-8-29/h1-5,7-17,20,30H,6,18-19,21-24H2. The molecule has 0 saturated carbocycles. The van der Waals surface area contributed by atoms with Crippen LogP contribution in [0, 0.1) is 11.6 Å². The summed E-state index contributed by atoms with van der Waals surface area (Å²) in [4.78, 5) is 28.0. The van der Waals surface area contributed by atoms with Crippen molar-refractivity contribution >= 4 is 11.7 Å². The lowest BCUT2D eigenvalue weighted by atomic mass is 9.82. The fourth-order valence-electron chi connectivity index (χ4n) is 5.78. The quantitative estimate of drug-likeness (QED) is 0.256. The summed E-state index contributed by atoms with van der Waals surface area (Å²) in [5.74, 6) is 0.250. The van der Waals surface area contributed by atoms with E-state index in [9.17, 15) is 13.6 Å². The third kappa shape index (κ3) is 5.67. The Morgan fingerprint density at radius 1 is 0.786 bits per heavy atom. The molecule has 0 atom stereocenters. The van der Waals surface area contributed by atoms with Crippen LogP contribution in [0.3, 0.4) is 0 Å². The minimum atomic E-state index is -1.48. The van der Waals surface area contributed by atoms with Gasteiger partial charge in [0.2, 0.25) is 0 Å². The van der Waals surface area contributed by atoms with E-state index in [1.165, 1.54) is 24.3 Å². The highest BCUT2D eigenvalue weighted by molar-refractivity contribution is 6.16. The molecule has 2 aliphatic rings. The molecule has 0 unspecified atom stereocenters. The van der Waals surface area contributed by atoms with Gasteiger partial charge in [-0.05, 0) is 85.5 Å². The molecular weight excluding hydrogens is 534 g/mol. The number of amides is 1. The summed E-state index contributed by atoms with van der Waals surface area (Å²) in [7, 11) is 0. The monoisotopic (exact) mass is 566 g/mol. The molecule has 1 aromatic heterocycles. The van der Waals surface area contributed by atoms with Crippen LogP contribution >= 0.6 is 0 Å². The summed E-state index contributed by atoms with van der Waals surface area (Å²) >= 11 is 0. The number of likely N-dealkylation sites (tertiary alicyclic amines) is 1. The fourth-order valence-corrected chi connectivity index (χ4v) is 5.78. The zero-order chi connectivity index (χ0) is 28.9. The number of ether oxygens (including phenoxy) is 1. The molecule has 6 nitrogen and oxygen atoms in total. The van der Waals surface area contributed by atoms with Gasteiger partial charge in [-0.3, -0.25) is 14.7 Å². The third-order valence-corrected chi connectivity index (χ3v) is 7.94. The van der Waals surface area contributed by atoms with Gasteiger partial charge in [0.25, 0.3) is 5.91 Å². The Morgan fingerprint density at radius 2 is 1.40 bits per heavy atom. The van der Waals surface area contributed by atoms with Gasteiger partial charge in [0.05, 0.1) is 0 Å². The first-order valence-electron chi connectivity index (χ1n) is 14.3. The number of aromatic nitrogens is 1. The first-order chi connectivity index (χ1) is 20.5. The zero-order valence-electron chi connectivity index (χ0n) is 23.2. The van der Waals surface area contributed by atoms with E-state index in [0.717, 1.165) is 44.6 Å². The van der Waals surface area contributed by atoms with Crippen molar-refractivity contribution < 1.29 is 18.3 Å². The largest absolute Gasteiger partial charge is 0.490 e. The number of hydrogen-bond donors (Lipinski definition) is 0. The van der Waals surface area contributed by atoms with Crippen molar-refractivity contribution in [1.29, 1.82) is 0 Å². The van der Waals surface area contributed by atoms with Gasteiger partial charge >= 0.3 is 0 Å². The maximum Gasteiger partial charge on any atom is 0.265 e. The lowest BCUT2D eigenvalue weighted by Gasteiger charge is -2.32. The van der Waals surface area contributed by atoms with Crippen LogP contribution in [0.2, 0.25) is 0 Å². The third-order valence-electron chi connectivity index (χ3n) is 7.94. The van der Waals surface area contributed by atoms with Gasteiger partial charge in [0.15, 0.2) is 11.4 Å².